The number of rotatable bonds is 2. The molecule has 5 heteroatoms. The SMILES string of the molecule is NC(N)=O.NCCn1cccc1. The molecule has 0 fully saturated rings. The number of carbonyl (C=O) groups excluding carboxylic acids is 1. The normalized spacial score (nSPS) is 8.42. The molecule has 0 spiro atoms. The average molecular weight is 170 g/mol. The van der Waals surface area contributed by atoms with Gasteiger partial charge in [-0.25, -0.2) is 4.79 Å². The third-order valence-electron chi connectivity index (χ3n) is 1.05. The molecule has 0 aliphatic rings. The summed E-state index contributed by atoms with van der Waals surface area (Å²) in [6.07, 6.45) is 4.01. The van der Waals surface area contributed by atoms with E-state index in [4.69, 9.17) is 10.5 Å². The summed E-state index contributed by atoms with van der Waals surface area (Å²) in [5, 5.41) is 0. The van der Waals surface area contributed by atoms with E-state index in [1.807, 2.05) is 24.5 Å². The number of nitrogens with two attached hydrogens (primary N) is 3. The molecule has 0 bridgehead atoms. The average Bonchev–Trinajstić information content (AvgIpc) is 2.39. The summed E-state index contributed by atoms with van der Waals surface area (Å²) in [6.45, 7) is 1.64. The van der Waals surface area contributed by atoms with Gasteiger partial charge < -0.3 is 21.8 Å². The van der Waals surface area contributed by atoms with Crippen LogP contribution in [0.25, 0.3) is 0 Å². The van der Waals surface area contributed by atoms with Gasteiger partial charge in [-0.15, -0.1) is 0 Å². The second-order valence-corrected chi connectivity index (χ2v) is 2.11. The Hall–Kier alpha value is -1.49. The van der Waals surface area contributed by atoms with Crippen molar-refractivity contribution in [3.05, 3.63) is 24.5 Å². The molecule has 1 aromatic rings. The van der Waals surface area contributed by atoms with Gasteiger partial charge >= 0.3 is 6.03 Å². The Labute approximate surface area is 71.1 Å². The number of primary amides is 2. The summed E-state index contributed by atoms with van der Waals surface area (Å²) in [5.41, 5.74) is 13.8. The van der Waals surface area contributed by atoms with Crippen LogP contribution >= 0.6 is 0 Å². The number of aromatic nitrogens is 1. The Morgan fingerprint density at radius 3 is 2.00 bits per heavy atom. The number of hydrogen-bond acceptors (Lipinski definition) is 2. The Bertz CT molecular complexity index is 203. The summed E-state index contributed by atoms with van der Waals surface area (Å²) in [7, 11) is 0. The van der Waals surface area contributed by atoms with E-state index in [9.17, 15) is 0 Å². The molecule has 0 aliphatic heterocycles. The van der Waals surface area contributed by atoms with Crippen LogP contribution in [-0.4, -0.2) is 17.1 Å². The van der Waals surface area contributed by atoms with Gasteiger partial charge in [0.25, 0.3) is 0 Å². The summed E-state index contributed by atoms with van der Waals surface area (Å²) < 4.78 is 2.06. The number of urea groups is 1. The molecular weight excluding hydrogens is 156 g/mol. The fourth-order valence-electron chi connectivity index (χ4n) is 0.668. The van der Waals surface area contributed by atoms with E-state index >= 15 is 0 Å². The van der Waals surface area contributed by atoms with Gasteiger partial charge in [-0.1, -0.05) is 0 Å². The van der Waals surface area contributed by atoms with Gasteiger partial charge in [-0.3, -0.25) is 0 Å². The van der Waals surface area contributed by atoms with Crippen LogP contribution in [-0.2, 0) is 6.54 Å². The maximum atomic E-state index is 9.00. The van der Waals surface area contributed by atoms with Crippen molar-refractivity contribution >= 4 is 6.03 Å². The minimum absolute atomic E-state index is 0.717. The topological polar surface area (TPSA) is 100 Å². The number of hydrogen-bond donors (Lipinski definition) is 3. The molecule has 6 N–H and O–H groups in total. The van der Waals surface area contributed by atoms with Crippen LogP contribution in [0.15, 0.2) is 24.5 Å². The molecular formula is C7H14N4O. The van der Waals surface area contributed by atoms with Crippen LogP contribution in [0.4, 0.5) is 4.79 Å². The number of amides is 2. The molecule has 2 amide bonds. The lowest BCUT2D eigenvalue weighted by Crippen LogP contribution is -2.18. The van der Waals surface area contributed by atoms with Crippen LogP contribution in [0.3, 0.4) is 0 Å². The van der Waals surface area contributed by atoms with E-state index < -0.39 is 6.03 Å². The first-order chi connectivity index (χ1) is 5.66. The molecule has 0 aliphatic carbocycles. The Balaban J connectivity index is 0.000000261. The predicted octanol–water partition coefficient (Wildman–Crippen LogP) is -0.529. The lowest BCUT2D eigenvalue weighted by atomic mass is 10.6. The Kier molecular flexibility index (Phi) is 5.46. The van der Waals surface area contributed by atoms with Gasteiger partial charge in [0.15, 0.2) is 0 Å². The maximum absolute atomic E-state index is 9.00. The second kappa shape index (κ2) is 6.23. The van der Waals surface area contributed by atoms with Crippen molar-refractivity contribution in [3.63, 3.8) is 0 Å². The zero-order valence-corrected chi connectivity index (χ0v) is 6.81. The minimum Gasteiger partial charge on any atom is -0.353 e. The fourth-order valence-corrected chi connectivity index (χ4v) is 0.668. The van der Waals surface area contributed by atoms with Gasteiger partial charge in [0.05, 0.1) is 0 Å². The van der Waals surface area contributed by atoms with E-state index in [2.05, 4.69) is 16.0 Å². The zero-order valence-electron chi connectivity index (χ0n) is 6.81. The second-order valence-electron chi connectivity index (χ2n) is 2.11. The smallest absolute Gasteiger partial charge is 0.309 e. The van der Waals surface area contributed by atoms with Gasteiger partial charge in [-0.2, -0.15) is 0 Å². The van der Waals surface area contributed by atoms with E-state index in [0.29, 0.717) is 6.54 Å². The standard InChI is InChI=1S/C6H10N2.CH4N2O/c7-3-6-8-4-1-2-5-8;2-1(3)4/h1-2,4-5H,3,6-7H2;(H4,2,3,4). The molecule has 0 unspecified atom stereocenters. The number of nitrogens with zero attached hydrogens (tertiary/aromatic N) is 1. The highest BCUT2D eigenvalue weighted by atomic mass is 16.2. The van der Waals surface area contributed by atoms with E-state index in [1.165, 1.54) is 0 Å². The van der Waals surface area contributed by atoms with Crippen molar-refractivity contribution in [1.82, 2.24) is 4.57 Å². The Morgan fingerprint density at radius 1 is 1.25 bits per heavy atom. The molecule has 5 nitrogen and oxygen atoms in total. The van der Waals surface area contributed by atoms with Crippen LogP contribution in [0.1, 0.15) is 0 Å². The first kappa shape index (κ1) is 10.5. The predicted molar refractivity (Wildman–Crippen MR) is 47.3 cm³/mol. The Morgan fingerprint density at radius 2 is 1.67 bits per heavy atom. The van der Waals surface area contributed by atoms with Crippen LogP contribution < -0.4 is 17.2 Å². The summed E-state index contributed by atoms with van der Waals surface area (Å²) in [6, 6.07) is 3.16. The quantitative estimate of drug-likeness (QED) is 0.555. The van der Waals surface area contributed by atoms with Crippen LogP contribution in [0.5, 0.6) is 0 Å². The lowest BCUT2D eigenvalue weighted by Gasteiger charge is -1.95. The molecule has 0 atom stereocenters. The highest BCUT2D eigenvalue weighted by Crippen LogP contribution is 1.86. The monoisotopic (exact) mass is 170 g/mol. The minimum atomic E-state index is -0.833. The maximum Gasteiger partial charge on any atom is 0.309 e. The van der Waals surface area contributed by atoms with Gasteiger partial charge in [0.2, 0.25) is 0 Å². The van der Waals surface area contributed by atoms with E-state index in [0.717, 1.165) is 6.54 Å². The molecule has 12 heavy (non-hydrogen) atoms. The van der Waals surface area contributed by atoms with Crippen molar-refractivity contribution < 1.29 is 4.79 Å². The third-order valence-corrected chi connectivity index (χ3v) is 1.05. The number of carbonyl (C=O) groups is 1. The molecule has 0 saturated heterocycles. The van der Waals surface area contributed by atoms with Crippen molar-refractivity contribution in [2.45, 2.75) is 6.54 Å². The molecule has 0 saturated carbocycles. The van der Waals surface area contributed by atoms with Crippen molar-refractivity contribution in [1.29, 1.82) is 0 Å². The highest BCUT2D eigenvalue weighted by molar-refractivity contribution is 5.69. The van der Waals surface area contributed by atoms with E-state index in [-0.39, 0.29) is 0 Å². The van der Waals surface area contributed by atoms with Gasteiger partial charge in [0.1, 0.15) is 0 Å². The first-order valence-corrected chi connectivity index (χ1v) is 3.52. The lowest BCUT2D eigenvalue weighted by molar-refractivity contribution is 0.256. The van der Waals surface area contributed by atoms with E-state index in [1.54, 1.807) is 0 Å². The zero-order chi connectivity index (χ0) is 9.40. The first-order valence-electron chi connectivity index (χ1n) is 3.52. The van der Waals surface area contributed by atoms with Crippen molar-refractivity contribution in [2.75, 3.05) is 6.54 Å². The van der Waals surface area contributed by atoms with Crippen molar-refractivity contribution in [2.24, 2.45) is 17.2 Å². The molecule has 1 rings (SSSR count). The largest absolute Gasteiger partial charge is 0.353 e. The summed E-state index contributed by atoms with van der Waals surface area (Å²) >= 11 is 0. The molecule has 1 heterocycles. The molecule has 0 radical (unpaired) electrons. The van der Waals surface area contributed by atoms with Gasteiger partial charge in [0, 0.05) is 25.5 Å². The molecule has 1 aromatic heterocycles. The summed E-state index contributed by atoms with van der Waals surface area (Å²) in [5.74, 6) is 0. The molecule has 0 aromatic carbocycles. The third kappa shape index (κ3) is 6.63. The van der Waals surface area contributed by atoms with Crippen molar-refractivity contribution in [3.8, 4) is 0 Å². The highest BCUT2D eigenvalue weighted by Gasteiger charge is 1.80. The van der Waals surface area contributed by atoms with Crippen LogP contribution in [0, 0.1) is 0 Å². The fraction of sp³-hybridized carbons (Fsp3) is 0.286. The summed E-state index contributed by atoms with van der Waals surface area (Å²) in [4.78, 5) is 9.00. The molecule has 68 valence electrons. The van der Waals surface area contributed by atoms with Crippen LogP contribution in [0.2, 0.25) is 0 Å². The van der Waals surface area contributed by atoms with Gasteiger partial charge in [-0.05, 0) is 12.1 Å².